The standard InChI is InChI=1S/C25H31N3O6/c1-28-12-11-26-25(28)22(17-13-18(30-2)15-19(14-17)31-3)27-21(29)10-8-16-7-9-20(32-4)24(34-6)23(16)33-5/h7,9,11-15,22H,8,10H2,1-6H3,(H,27,29). The van der Waals surface area contributed by atoms with E-state index >= 15 is 0 Å². The van der Waals surface area contributed by atoms with Crippen LogP contribution in [0.15, 0.2) is 42.7 Å². The van der Waals surface area contributed by atoms with Crippen molar-refractivity contribution in [3.63, 3.8) is 0 Å². The normalized spacial score (nSPS) is 11.5. The second-order valence-corrected chi connectivity index (χ2v) is 7.54. The van der Waals surface area contributed by atoms with Crippen LogP contribution in [0.25, 0.3) is 0 Å². The lowest BCUT2D eigenvalue weighted by Crippen LogP contribution is -2.31. The Morgan fingerprint density at radius 1 is 0.941 bits per heavy atom. The Hall–Kier alpha value is -3.88. The predicted octanol–water partition coefficient (Wildman–Crippen LogP) is 3.30. The number of benzene rings is 2. The van der Waals surface area contributed by atoms with Crippen LogP contribution < -0.4 is 29.0 Å². The van der Waals surface area contributed by atoms with E-state index in [0.717, 1.165) is 11.1 Å². The van der Waals surface area contributed by atoms with Crippen molar-refractivity contribution in [3.8, 4) is 28.7 Å². The molecule has 1 heterocycles. The maximum Gasteiger partial charge on any atom is 0.221 e. The summed E-state index contributed by atoms with van der Waals surface area (Å²) in [6.45, 7) is 0. The van der Waals surface area contributed by atoms with E-state index in [-0.39, 0.29) is 12.3 Å². The van der Waals surface area contributed by atoms with Crippen LogP contribution in [0.1, 0.15) is 29.4 Å². The summed E-state index contributed by atoms with van der Waals surface area (Å²) >= 11 is 0. The van der Waals surface area contributed by atoms with E-state index in [4.69, 9.17) is 23.7 Å². The van der Waals surface area contributed by atoms with E-state index in [1.165, 1.54) is 0 Å². The zero-order valence-electron chi connectivity index (χ0n) is 20.4. The van der Waals surface area contributed by atoms with Crippen molar-refractivity contribution in [3.05, 3.63) is 59.7 Å². The smallest absolute Gasteiger partial charge is 0.221 e. The largest absolute Gasteiger partial charge is 0.497 e. The highest BCUT2D eigenvalue weighted by atomic mass is 16.5. The van der Waals surface area contributed by atoms with Gasteiger partial charge in [0.1, 0.15) is 23.4 Å². The summed E-state index contributed by atoms with van der Waals surface area (Å²) in [4.78, 5) is 17.5. The van der Waals surface area contributed by atoms with Crippen molar-refractivity contribution >= 4 is 5.91 Å². The monoisotopic (exact) mass is 469 g/mol. The van der Waals surface area contributed by atoms with Crippen LogP contribution in [0.2, 0.25) is 0 Å². The first-order valence-electron chi connectivity index (χ1n) is 10.7. The number of carbonyl (C=O) groups excluding carboxylic acids is 1. The van der Waals surface area contributed by atoms with E-state index in [1.807, 2.05) is 36.0 Å². The molecular formula is C25H31N3O6. The number of nitrogens with zero attached hydrogens (tertiary/aromatic N) is 2. The summed E-state index contributed by atoms with van der Waals surface area (Å²) in [5, 5.41) is 3.11. The van der Waals surface area contributed by atoms with Crippen molar-refractivity contribution in [1.82, 2.24) is 14.9 Å². The van der Waals surface area contributed by atoms with Gasteiger partial charge in [0.25, 0.3) is 0 Å². The molecule has 0 bridgehead atoms. The summed E-state index contributed by atoms with van der Waals surface area (Å²) in [6.07, 6.45) is 4.21. The molecule has 9 nitrogen and oxygen atoms in total. The topological polar surface area (TPSA) is 93.1 Å². The molecule has 1 atom stereocenters. The molecule has 2 aromatic carbocycles. The number of imidazole rings is 1. The number of rotatable bonds is 11. The summed E-state index contributed by atoms with van der Waals surface area (Å²) in [7, 11) is 9.74. The molecule has 1 N–H and O–H groups in total. The summed E-state index contributed by atoms with van der Waals surface area (Å²) in [5.41, 5.74) is 1.63. The lowest BCUT2D eigenvalue weighted by molar-refractivity contribution is -0.121. The third-order valence-corrected chi connectivity index (χ3v) is 5.54. The first-order chi connectivity index (χ1) is 16.4. The van der Waals surface area contributed by atoms with Gasteiger partial charge in [-0.1, -0.05) is 6.07 Å². The van der Waals surface area contributed by atoms with E-state index in [1.54, 1.807) is 53.9 Å². The molecule has 1 aromatic heterocycles. The first kappa shape index (κ1) is 24.8. The highest BCUT2D eigenvalue weighted by molar-refractivity contribution is 5.77. The molecule has 34 heavy (non-hydrogen) atoms. The van der Waals surface area contributed by atoms with E-state index in [0.29, 0.717) is 41.0 Å². The van der Waals surface area contributed by atoms with E-state index in [9.17, 15) is 4.79 Å². The van der Waals surface area contributed by atoms with Gasteiger partial charge in [-0.2, -0.15) is 0 Å². The number of aromatic nitrogens is 2. The third kappa shape index (κ3) is 5.36. The molecule has 0 saturated heterocycles. The minimum Gasteiger partial charge on any atom is -0.497 e. The Bertz CT molecular complexity index is 1110. The van der Waals surface area contributed by atoms with Crippen LogP contribution in [-0.4, -0.2) is 51.0 Å². The van der Waals surface area contributed by atoms with Gasteiger partial charge in [0, 0.05) is 31.9 Å². The van der Waals surface area contributed by atoms with Crippen molar-refractivity contribution in [1.29, 1.82) is 0 Å². The van der Waals surface area contributed by atoms with E-state index < -0.39 is 6.04 Å². The van der Waals surface area contributed by atoms with Crippen LogP contribution in [0.5, 0.6) is 28.7 Å². The maximum atomic E-state index is 13.1. The van der Waals surface area contributed by atoms with Crippen LogP contribution >= 0.6 is 0 Å². The molecule has 0 saturated carbocycles. The van der Waals surface area contributed by atoms with E-state index in [2.05, 4.69) is 10.3 Å². The molecular weight excluding hydrogens is 438 g/mol. The number of amides is 1. The predicted molar refractivity (Wildman–Crippen MR) is 127 cm³/mol. The average Bonchev–Trinajstić information content (AvgIpc) is 3.29. The quantitative estimate of drug-likeness (QED) is 0.461. The fourth-order valence-corrected chi connectivity index (χ4v) is 3.79. The van der Waals surface area contributed by atoms with Crippen molar-refractivity contribution in [2.45, 2.75) is 18.9 Å². The van der Waals surface area contributed by atoms with Crippen LogP contribution in [0.3, 0.4) is 0 Å². The number of hydrogen-bond acceptors (Lipinski definition) is 7. The minimum absolute atomic E-state index is 0.147. The van der Waals surface area contributed by atoms with Crippen molar-refractivity contribution < 1.29 is 28.5 Å². The van der Waals surface area contributed by atoms with Gasteiger partial charge in [-0.15, -0.1) is 0 Å². The highest BCUT2D eigenvalue weighted by Crippen LogP contribution is 2.40. The average molecular weight is 470 g/mol. The van der Waals surface area contributed by atoms with Gasteiger partial charge in [0.05, 0.1) is 35.5 Å². The molecule has 0 spiro atoms. The molecule has 0 aliphatic heterocycles. The number of ether oxygens (including phenoxy) is 5. The lowest BCUT2D eigenvalue weighted by atomic mass is 10.0. The molecule has 0 fully saturated rings. The fraction of sp³-hybridized carbons (Fsp3) is 0.360. The number of carbonyl (C=O) groups is 1. The molecule has 3 rings (SSSR count). The number of nitrogens with one attached hydrogen (secondary N) is 1. The Balaban J connectivity index is 1.85. The van der Waals surface area contributed by atoms with Gasteiger partial charge >= 0.3 is 0 Å². The number of hydrogen-bond donors (Lipinski definition) is 1. The first-order valence-corrected chi connectivity index (χ1v) is 10.7. The Labute approximate surface area is 199 Å². The second-order valence-electron chi connectivity index (χ2n) is 7.54. The highest BCUT2D eigenvalue weighted by Gasteiger charge is 2.23. The van der Waals surface area contributed by atoms with Gasteiger partial charge in [-0.25, -0.2) is 4.98 Å². The molecule has 3 aromatic rings. The summed E-state index contributed by atoms with van der Waals surface area (Å²) in [5.74, 6) is 3.40. The van der Waals surface area contributed by atoms with Crippen LogP contribution in [0.4, 0.5) is 0 Å². The van der Waals surface area contributed by atoms with Crippen molar-refractivity contribution in [2.75, 3.05) is 35.5 Å². The fourth-order valence-electron chi connectivity index (χ4n) is 3.79. The van der Waals surface area contributed by atoms with Crippen molar-refractivity contribution in [2.24, 2.45) is 7.05 Å². The van der Waals surface area contributed by atoms with Gasteiger partial charge < -0.3 is 33.6 Å². The molecule has 1 amide bonds. The second kappa shape index (κ2) is 11.3. The minimum atomic E-state index is -0.496. The van der Waals surface area contributed by atoms with Crippen LogP contribution in [0, 0.1) is 0 Å². The van der Waals surface area contributed by atoms with Gasteiger partial charge in [-0.3, -0.25) is 4.79 Å². The summed E-state index contributed by atoms with van der Waals surface area (Å²) < 4.78 is 29.0. The Kier molecular flexibility index (Phi) is 8.24. The Morgan fingerprint density at radius 2 is 1.62 bits per heavy atom. The SMILES string of the molecule is COc1cc(OC)cc(C(NC(=O)CCc2ccc(OC)c(OC)c2OC)c2nccn2C)c1. The molecule has 1 unspecified atom stereocenters. The molecule has 0 aliphatic rings. The Morgan fingerprint density at radius 3 is 2.15 bits per heavy atom. The summed E-state index contributed by atoms with van der Waals surface area (Å²) in [6, 6.07) is 8.68. The molecule has 0 aliphatic carbocycles. The maximum absolute atomic E-state index is 13.1. The molecule has 182 valence electrons. The zero-order valence-corrected chi connectivity index (χ0v) is 20.4. The van der Waals surface area contributed by atoms with Gasteiger partial charge in [-0.05, 0) is 35.7 Å². The third-order valence-electron chi connectivity index (χ3n) is 5.54. The van der Waals surface area contributed by atoms with Gasteiger partial charge in [0.15, 0.2) is 11.5 Å². The number of methoxy groups -OCH3 is 5. The molecule has 0 radical (unpaired) electrons. The zero-order chi connectivity index (χ0) is 24.7. The lowest BCUT2D eigenvalue weighted by Gasteiger charge is -2.21. The van der Waals surface area contributed by atoms with Gasteiger partial charge in [0.2, 0.25) is 11.7 Å². The number of aryl methyl sites for hydroxylation is 2. The van der Waals surface area contributed by atoms with Crippen LogP contribution in [-0.2, 0) is 18.3 Å². The molecule has 9 heteroatoms.